The second-order valence-corrected chi connectivity index (χ2v) is 10.5. The van der Waals surface area contributed by atoms with Gasteiger partial charge in [0.25, 0.3) is 5.69 Å². The molecule has 13 nitrogen and oxygen atoms in total. The molecule has 228 valence electrons. The van der Waals surface area contributed by atoms with E-state index in [1.807, 2.05) is 0 Å². The minimum Gasteiger partial charge on any atom is -0.497 e. The SMILES string of the molecule is COC(=O)c1c(OC)cc(OC)cc1C1NC(Cc2ccc([N+](=O)[O-])cc2)(C(=O)O)C2C(=O)N(Cc3ccccc3)C(=O)C12. The van der Waals surface area contributed by atoms with E-state index in [0.29, 0.717) is 11.1 Å². The van der Waals surface area contributed by atoms with E-state index in [-0.39, 0.29) is 41.3 Å². The first kappa shape index (κ1) is 30.2. The molecule has 0 spiro atoms. The minimum absolute atomic E-state index is 0.0608. The van der Waals surface area contributed by atoms with E-state index < -0.39 is 52.1 Å². The zero-order valence-corrected chi connectivity index (χ0v) is 24.0. The van der Waals surface area contributed by atoms with Crippen LogP contribution in [0.2, 0.25) is 0 Å². The summed E-state index contributed by atoms with van der Waals surface area (Å²) in [6, 6.07) is 15.8. The number of amides is 2. The number of nitro benzene ring substituents is 1. The van der Waals surface area contributed by atoms with Crippen molar-refractivity contribution in [1.82, 2.24) is 10.2 Å². The highest BCUT2D eigenvalue weighted by molar-refractivity contribution is 6.10. The Labute approximate surface area is 251 Å². The lowest BCUT2D eigenvalue weighted by molar-refractivity contribution is -0.384. The molecule has 2 amide bonds. The molecule has 3 aromatic rings. The number of methoxy groups -OCH3 is 3. The van der Waals surface area contributed by atoms with Crippen LogP contribution in [0, 0.1) is 22.0 Å². The third kappa shape index (κ3) is 5.00. The molecule has 2 aliphatic heterocycles. The molecule has 0 aromatic heterocycles. The Hall–Kier alpha value is -5.30. The van der Waals surface area contributed by atoms with Crippen molar-refractivity contribution < 1.29 is 43.4 Å². The van der Waals surface area contributed by atoms with Gasteiger partial charge in [-0.05, 0) is 22.8 Å². The standard InChI is InChI=1S/C31H29N3O10/c1-42-20-13-21(23(29(37)44-3)22(14-20)43-2)26-24-25(28(36)33(27(24)35)16-18-7-5-4-6-8-18)31(32-26,30(38)39)15-17-9-11-19(12-10-17)34(40)41/h4-14,24-26,32H,15-16H2,1-3H3,(H,38,39). The van der Waals surface area contributed by atoms with Crippen molar-refractivity contribution in [2.75, 3.05) is 21.3 Å². The number of esters is 1. The summed E-state index contributed by atoms with van der Waals surface area (Å²) in [6.07, 6.45) is -0.301. The molecular formula is C31H29N3O10. The lowest BCUT2D eigenvalue weighted by Gasteiger charge is -2.31. The number of nitrogens with zero attached hydrogens (tertiary/aromatic N) is 2. The zero-order chi connectivity index (χ0) is 31.8. The number of non-ortho nitro benzene ring substituents is 1. The number of hydrogen-bond donors (Lipinski definition) is 2. The third-order valence-corrected chi connectivity index (χ3v) is 8.23. The van der Waals surface area contributed by atoms with Gasteiger partial charge in [-0.2, -0.15) is 0 Å². The highest BCUT2D eigenvalue weighted by Crippen LogP contribution is 2.52. The summed E-state index contributed by atoms with van der Waals surface area (Å²) in [5.74, 6) is -5.87. The first-order chi connectivity index (χ1) is 21.1. The van der Waals surface area contributed by atoms with E-state index in [2.05, 4.69) is 5.32 Å². The summed E-state index contributed by atoms with van der Waals surface area (Å²) in [4.78, 5) is 66.3. The smallest absolute Gasteiger partial charge is 0.341 e. The molecule has 3 aromatic carbocycles. The number of carbonyl (C=O) groups is 4. The first-order valence-corrected chi connectivity index (χ1v) is 13.5. The highest BCUT2D eigenvalue weighted by Gasteiger charge is 2.68. The second-order valence-electron chi connectivity index (χ2n) is 10.5. The molecule has 2 saturated heterocycles. The number of nitro groups is 1. The van der Waals surface area contributed by atoms with Crippen LogP contribution in [0.3, 0.4) is 0 Å². The fraction of sp³-hybridized carbons (Fsp3) is 0.290. The van der Waals surface area contributed by atoms with Gasteiger partial charge in [-0.3, -0.25) is 34.7 Å². The molecule has 2 heterocycles. The third-order valence-electron chi connectivity index (χ3n) is 8.23. The van der Waals surface area contributed by atoms with Gasteiger partial charge in [0.05, 0.1) is 44.6 Å². The lowest BCUT2D eigenvalue weighted by Crippen LogP contribution is -2.57. The molecule has 13 heteroatoms. The first-order valence-electron chi connectivity index (χ1n) is 13.5. The van der Waals surface area contributed by atoms with Gasteiger partial charge >= 0.3 is 11.9 Å². The van der Waals surface area contributed by atoms with Gasteiger partial charge in [0.1, 0.15) is 22.6 Å². The summed E-state index contributed by atoms with van der Waals surface area (Å²) in [7, 11) is 3.89. The number of fused-ring (bicyclic) bond motifs is 1. The van der Waals surface area contributed by atoms with Crippen molar-refractivity contribution in [1.29, 1.82) is 0 Å². The van der Waals surface area contributed by atoms with Crippen LogP contribution in [-0.2, 0) is 32.1 Å². The lowest BCUT2D eigenvalue weighted by atomic mass is 9.76. The number of carboxylic acid groups (broad SMARTS) is 1. The van der Waals surface area contributed by atoms with Crippen molar-refractivity contribution in [2.45, 2.75) is 24.5 Å². The maximum atomic E-state index is 14.1. The fourth-order valence-corrected chi connectivity index (χ4v) is 6.20. The van der Waals surface area contributed by atoms with E-state index in [1.54, 1.807) is 30.3 Å². The molecule has 0 aliphatic carbocycles. The van der Waals surface area contributed by atoms with Gasteiger partial charge in [-0.15, -0.1) is 0 Å². The predicted molar refractivity (Wildman–Crippen MR) is 153 cm³/mol. The van der Waals surface area contributed by atoms with Crippen LogP contribution in [0.15, 0.2) is 66.7 Å². The maximum absolute atomic E-state index is 14.1. The number of rotatable bonds is 10. The highest BCUT2D eigenvalue weighted by atomic mass is 16.6. The summed E-state index contributed by atoms with van der Waals surface area (Å²) in [5.41, 5.74) is -1.12. The molecule has 0 saturated carbocycles. The summed E-state index contributed by atoms with van der Waals surface area (Å²) < 4.78 is 15.9. The molecule has 0 radical (unpaired) electrons. The van der Waals surface area contributed by atoms with Crippen LogP contribution < -0.4 is 14.8 Å². The van der Waals surface area contributed by atoms with Crippen LogP contribution >= 0.6 is 0 Å². The number of likely N-dealkylation sites (tertiary alicyclic amines) is 1. The Kier molecular flexibility index (Phi) is 8.07. The number of nitrogens with one attached hydrogen (secondary N) is 1. The van der Waals surface area contributed by atoms with E-state index in [0.717, 1.165) is 4.90 Å². The number of carbonyl (C=O) groups excluding carboxylic acids is 3. The Bertz CT molecular complexity index is 1640. The molecule has 44 heavy (non-hydrogen) atoms. The molecular weight excluding hydrogens is 574 g/mol. The minimum atomic E-state index is -2.05. The quantitative estimate of drug-likeness (QED) is 0.151. The largest absolute Gasteiger partial charge is 0.497 e. The van der Waals surface area contributed by atoms with E-state index in [1.165, 1.54) is 57.7 Å². The number of hydrogen-bond acceptors (Lipinski definition) is 10. The molecule has 0 bridgehead atoms. The monoisotopic (exact) mass is 603 g/mol. The van der Waals surface area contributed by atoms with Crippen molar-refractivity contribution in [3.05, 3.63) is 99.1 Å². The van der Waals surface area contributed by atoms with Gasteiger partial charge in [0.15, 0.2) is 0 Å². The Balaban J connectivity index is 1.70. The van der Waals surface area contributed by atoms with Gasteiger partial charge in [-0.1, -0.05) is 42.5 Å². The van der Waals surface area contributed by atoms with Crippen molar-refractivity contribution >= 4 is 29.4 Å². The second kappa shape index (κ2) is 11.8. The number of ether oxygens (including phenoxy) is 3. The topological polar surface area (TPSA) is 175 Å². The molecule has 4 unspecified atom stereocenters. The normalized spacial score (nSPS) is 22.4. The molecule has 2 fully saturated rings. The van der Waals surface area contributed by atoms with Crippen LogP contribution in [0.25, 0.3) is 0 Å². The predicted octanol–water partition coefficient (Wildman–Crippen LogP) is 2.91. The van der Waals surface area contributed by atoms with Crippen molar-refractivity contribution in [3.63, 3.8) is 0 Å². The summed E-state index contributed by atoms with van der Waals surface area (Å²) in [5, 5.41) is 25.1. The van der Waals surface area contributed by atoms with E-state index in [4.69, 9.17) is 14.2 Å². The number of imide groups is 1. The molecule has 2 N–H and O–H groups in total. The van der Waals surface area contributed by atoms with Gasteiger partial charge in [0.2, 0.25) is 11.8 Å². The van der Waals surface area contributed by atoms with Crippen LogP contribution in [0.5, 0.6) is 11.5 Å². The average Bonchev–Trinajstić information content (AvgIpc) is 3.50. The maximum Gasteiger partial charge on any atom is 0.341 e. The van der Waals surface area contributed by atoms with Crippen molar-refractivity contribution in [3.8, 4) is 11.5 Å². The van der Waals surface area contributed by atoms with Gasteiger partial charge in [0, 0.05) is 30.7 Å². The van der Waals surface area contributed by atoms with Gasteiger partial charge in [-0.25, -0.2) is 4.79 Å². The Morgan fingerprint density at radius 2 is 1.66 bits per heavy atom. The fourth-order valence-electron chi connectivity index (χ4n) is 6.20. The zero-order valence-electron chi connectivity index (χ0n) is 24.0. The van der Waals surface area contributed by atoms with Crippen LogP contribution in [-0.4, -0.2) is 65.6 Å². The number of aliphatic carboxylic acids is 1. The Morgan fingerprint density at radius 1 is 0.977 bits per heavy atom. The molecule has 4 atom stereocenters. The average molecular weight is 604 g/mol. The van der Waals surface area contributed by atoms with Crippen LogP contribution in [0.1, 0.15) is 33.1 Å². The Morgan fingerprint density at radius 3 is 2.23 bits per heavy atom. The van der Waals surface area contributed by atoms with E-state index >= 15 is 0 Å². The van der Waals surface area contributed by atoms with Crippen LogP contribution in [0.4, 0.5) is 5.69 Å². The molecule has 5 rings (SSSR count). The van der Waals surface area contributed by atoms with E-state index in [9.17, 15) is 34.4 Å². The van der Waals surface area contributed by atoms with Crippen molar-refractivity contribution in [2.24, 2.45) is 11.8 Å². The molecule has 2 aliphatic rings. The summed E-state index contributed by atoms with van der Waals surface area (Å²) in [6.45, 7) is -0.0866. The number of benzene rings is 3. The number of carboxylic acids is 1. The van der Waals surface area contributed by atoms with Gasteiger partial charge < -0.3 is 19.3 Å². The summed E-state index contributed by atoms with van der Waals surface area (Å²) >= 11 is 0.